The average Bonchev–Trinajstić information content (AvgIpc) is 2.95. The van der Waals surface area contributed by atoms with Crippen molar-refractivity contribution in [1.82, 2.24) is 5.32 Å². The van der Waals surface area contributed by atoms with Gasteiger partial charge in [-0.2, -0.15) is 0 Å². The minimum Gasteiger partial charge on any atom is -0.480 e. The molecule has 0 aromatic heterocycles. The lowest BCUT2D eigenvalue weighted by Gasteiger charge is -2.16. The number of rotatable bonds is 2. The van der Waals surface area contributed by atoms with Gasteiger partial charge in [0.2, 0.25) is 0 Å². The molecule has 3 nitrogen and oxygen atoms in total. The van der Waals surface area contributed by atoms with Gasteiger partial charge in [0.25, 0.3) is 5.91 Å². The number of amides is 1. The van der Waals surface area contributed by atoms with Gasteiger partial charge in [-0.3, -0.25) is 4.79 Å². The van der Waals surface area contributed by atoms with Crippen molar-refractivity contribution in [2.45, 2.75) is 44.8 Å². The Hall–Kier alpha value is -1.22. The Bertz CT molecular complexity index is 503. The van der Waals surface area contributed by atoms with Gasteiger partial charge in [-0.25, -0.2) is 0 Å². The third kappa shape index (κ3) is 2.71. The van der Waals surface area contributed by atoms with Crippen LogP contribution in [0, 0.1) is 5.92 Å². The zero-order valence-electron chi connectivity index (χ0n) is 11.0. The molecule has 1 aromatic rings. The number of fused-ring (bicyclic) bond motifs is 1. The van der Waals surface area contributed by atoms with Crippen molar-refractivity contribution >= 4 is 17.5 Å². The predicted octanol–water partition coefficient (Wildman–Crippen LogP) is 2.95. The maximum absolute atomic E-state index is 12.2. The highest BCUT2D eigenvalue weighted by atomic mass is 35.5. The van der Waals surface area contributed by atoms with Crippen molar-refractivity contribution in [2.24, 2.45) is 5.92 Å². The zero-order valence-corrected chi connectivity index (χ0v) is 11.7. The molecule has 1 aliphatic carbocycles. The third-order valence-electron chi connectivity index (χ3n) is 4.03. The Labute approximate surface area is 118 Å². The van der Waals surface area contributed by atoms with Crippen LogP contribution in [-0.2, 0) is 11.2 Å². The van der Waals surface area contributed by atoms with Gasteiger partial charge in [-0.05, 0) is 48.9 Å². The summed E-state index contributed by atoms with van der Waals surface area (Å²) in [5.74, 6) is 1.50. The van der Waals surface area contributed by atoms with Crippen LogP contribution in [0.15, 0.2) is 18.2 Å². The normalized spacial score (nSPS) is 28.8. The van der Waals surface area contributed by atoms with Crippen LogP contribution in [0.25, 0.3) is 0 Å². The molecule has 1 amide bonds. The summed E-state index contributed by atoms with van der Waals surface area (Å²) in [7, 11) is 0. The lowest BCUT2D eigenvalue weighted by atomic mass is 10.1. The van der Waals surface area contributed by atoms with E-state index in [0.29, 0.717) is 23.4 Å². The van der Waals surface area contributed by atoms with E-state index < -0.39 is 6.10 Å². The summed E-state index contributed by atoms with van der Waals surface area (Å²) in [4.78, 5) is 12.2. The number of hydrogen-bond acceptors (Lipinski definition) is 2. The van der Waals surface area contributed by atoms with Crippen LogP contribution < -0.4 is 10.1 Å². The van der Waals surface area contributed by atoms with Crippen molar-refractivity contribution in [2.75, 3.05) is 0 Å². The summed E-state index contributed by atoms with van der Waals surface area (Å²) in [6.07, 6.45) is 3.58. The molecule has 1 aliphatic heterocycles. The second-order valence-corrected chi connectivity index (χ2v) is 6.12. The van der Waals surface area contributed by atoms with Crippen molar-refractivity contribution in [3.05, 3.63) is 28.8 Å². The molecular weight excluding hydrogens is 262 g/mol. The fourth-order valence-electron chi connectivity index (χ4n) is 3.00. The molecule has 102 valence electrons. The first kappa shape index (κ1) is 12.8. The molecule has 0 bridgehead atoms. The summed E-state index contributed by atoms with van der Waals surface area (Å²) in [5.41, 5.74) is 1.02. The van der Waals surface area contributed by atoms with Crippen molar-refractivity contribution in [3.8, 4) is 5.75 Å². The number of halogens is 1. The monoisotopic (exact) mass is 279 g/mol. The third-order valence-corrected chi connectivity index (χ3v) is 4.27. The Morgan fingerprint density at radius 1 is 1.42 bits per heavy atom. The Morgan fingerprint density at radius 2 is 2.26 bits per heavy atom. The van der Waals surface area contributed by atoms with Crippen LogP contribution in [0.4, 0.5) is 0 Å². The van der Waals surface area contributed by atoms with E-state index in [-0.39, 0.29) is 5.91 Å². The van der Waals surface area contributed by atoms with Crippen LogP contribution in [0.5, 0.6) is 5.75 Å². The van der Waals surface area contributed by atoms with Crippen LogP contribution in [0.3, 0.4) is 0 Å². The van der Waals surface area contributed by atoms with Crippen LogP contribution in [0.2, 0.25) is 5.02 Å². The SMILES string of the molecule is CC1CCC(NC(=O)C2Cc3cc(Cl)ccc3O2)C1. The predicted molar refractivity (Wildman–Crippen MR) is 74.5 cm³/mol. The van der Waals surface area contributed by atoms with Gasteiger partial charge in [0, 0.05) is 17.5 Å². The first-order valence-electron chi connectivity index (χ1n) is 6.87. The molecule has 1 saturated carbocycles. The van der Waals surface area contributed by atoms with Crippen LogP contribution in [-0.4, -0.2) is 18.1 Å². The van der Waals surface area contributed by atoms with Crippen LogP contribution in [0.1, 0.15) is 31.7 Å². The van der Waals surface area contributed by atoms with Gasteiger partial charge >= 0.3 is 0 Å². The summed E-state index contributed by atoms with van der Waals surface area (Å²) in [5, 5.41) is 3.79. The Balaban J connectivity index is 1.61. The second-order valence-electron chi connectivity index (χ2n) is 5.69. The standard InChI is InChI=1S/C15H18ClNO2/c1-9-2-4-12(6-9)17-15(18)14-8-10-7-11(16)3-5-13(10)19-14/h3,5,7,9,12,14H,2,4,6,8H2,1H3,(H,17,18). The fourth-order valence-corrected chi connectivity index (χ4v) is 3.19. The first-order valence-corrected chi connectivity index (χ1v) is 7.25. The highest BCUT2D eigenvalue weighted by molar-refractivity contribution is 6.30. The molecule has 0 spiro atoms. The fraction of sp³-hybridized carbons (Fsp3) is 0.533. The highest BCUT2D eigenvalue weighted by Crippen LogP contribution is 2.31. The lowest BCUT2D eigenvalue weighted by Crippen LogP contribution is -2.42. The van der Waals surface area contributed by atoms with Gasteiger partial charge in [0.05, 0.1) is 0 Å². The van der Waals surface area contributed by atoms with Gasteiger partial charge in [-0.15, -0.1) is 0 Å². The number of hydrogen-bond donors (Lipinski definition) is 1. The van der Waals surface area contributed by atoms with E-state index in [1.807, 2.05) is 12.1 Å². The molecule has 3 unspecified atom stereocenters. The quantitative estimate of drug-likeness (QED) is 0.904. The summed E-state index contributed by atoms with van der Waals surface area (Å²) in [6.45, 7) is 2.23. The molecular formula is C15H18ClNO2. The van der Waals surface area contributed by atoms with E-state index in [1.165, 1.54) is 6.42 Å². The summed E-state index contributed by atoms with van der Waals surface area (Å²) in [6, 6.07) is 5.82. The minimum absolute atomic E-state index is 0.00595. The maximum Gasteiger partial charge on any atom is 0.261 e. The lowest BCUT2D eigenvalue weighted by molar-refractivity contribution is -0.127. The van der Waals surface area contributed by atoms with Crippen molar-refractivity contribution in [3.63, 3.8) is 0 Å². The number of ether oxygens (including phenoxy) is 1. The smallest absolute Gasteiger partial charge is 0.261 e. The second kappa shape index (κ2) is 5.04. The van der Waals surface area contributed by atoms with Gasteiger partial charge in [0.15, 0.2) is 6.10 Å². The summed E-state index contributed by atoms with van der Waals surface area (Å²) < 4.78 is 5.69. The molecule has 4 heteroatoms. The van der Waals surface area contributed by atoms with E-state index >= 15 is 0 Å². The highest BCUT2D eigenvalue weighted by Gasteiger charge is 2.31. The number of nitrogens with one attached hydrogen (secondary N) is 1. The van der Waals surface area contributed by atoms with E-state index in [1.54, 1.807) is 6.07 Å². The molecule has 19 heavy (non-hydrogen) atoms. The van der Waals surface area contributed by atoms with Gasteiger partial charge in [-0.1, -0.05) is 18.5 Å². The molecule has 2 aliphatic rings. The average molecular weight is 280 g/mol. The van der Waals surface area contributed by atoms with Gasteiger partial charge in [0.1, 0.15) is 5.75 Å². The minimum atomic E-state index is -0.399. The molecule has 0 radical (unpaired) electrons. The Kier molecular flexibility index (Phi) is 3.40. The molecule has 3 rings (SSSR count). The molecule has 0 saturated heterocycles. The first-order chi connectivity index (χ1) is 9.11. The van der Waals surface area contributed by atoms with E-state index in [4.69, 9.17) is 16.3 Å². The number of benzene rings is 1. The van der Waals surface area contributed by atoms with E-state index in [2.05, 4.69) is 12.2 Å². The topological polar surface area (TPSA) is 38.3 Å². The molecule has 1 fully saturated rings. The molecule has 1 N–H and O–H groups in total. The molecule has 1 heterocycles. The van der Waals surface area contributed by atoms with Crippen molar-refractivity contribution in [1.29, 1.82) is 0 Å². The zero-order chi connectivity index (χ0) is 13.4. The largest absolute Gasteiger partial charge is 0.480 e. The van der Waals surface area contributed by atoms with Crippen LogP contribution >= 0.6 is 11.6 Å². The molecule has 1 aromatic carbocycles. The number of carbonyl (C=O) groups is 1. The van der Waals surface area contributed by atoms with E-state index in [9.17, 15) is 4.79 Å². The Morgan fingerprint density at radius 3 is 3.00 bits per heavy atom. The maximum atomic E-state index is 12.2. The van der Waals surface area contributed by atoms with E-state index in [0.717, 1.165) is 24.2 Å². The number of carbonyl (C=O) groups excluding carboxylic acids is 1. The van der Waals surface area contributed by atoms with Gasteiger partial charge < -0.3 is 10.1 Å². The molecule has 3 atom stereocenters. The van der Waals surface area contributed by atoms with Crippen molar-refractivity contribution < 1.29 is 9.53 Å². The summed E-state index contributed by atoms with van der Waals surface area (Å²) >= 11 is 5.95.